The van der Waals surface area contributed by atoms with Crippen molar-refractivity contribution in [2.45, 2.75) is 46.1 Å². The van der Waals surface area contributed by atoms with Gasteiger partial charge in [-0.1, -0.05) is 20.8 Å². The van der Waals surface area contributed by atoms with Crippen LogP contribution >= 0.6 is 0 Å². The van der Waals surface area contributed by atoms with E-state index in [2.05, 4.69) is 38.0 Å². The largest absolute Gasteiger partial charge is 0.312 e. The van der Waals surface area contributed by atoms with Gasteiger partial charge in [0.2, 0.25) is 0 Å². The summed E-state index contributed by atoms with van der Waals surface area (Å²) in [7, 11) is 2.22. The predicted molar refractivity (Wildman–Crippen MR) is 62.6 cm³/mol. The second-order valence-electron chi connectivity index (χ2n) is 5.50. The summed E-state index contributed by atoms with van der Waals surface area (Å²) in [4.78, 5) is 2.43. The zero-order chi connectivity index (χ0) is 10.6. The van der Waals surface area contributed by atoms with Crippen molar-refractivity contribution in [3.05, 3.63) is 0 Å². The molecule has 1 aliphatic rings. The normalized spacial score (nSPS) is 25.3. The molecule has 2 heteroatoms. The Bertz CT molecular complexity index is 166. The Morgan fingerprint density at radius 3 is 2.71 bits per heavy atom. The smallest absolute Gasteiger partial charge is 0.0195 e. The highest BCUT2D eigenvalue weighted by Crippen LogP contribution is 2.19. The lowest BCUT2D eigenvalue weighted by molar-refractivity contribution is 0.208. The molecule has 0 aliphatic carbocycles. The van der Waals surface area contributed by atoms with Crippen LogP contribution in [0.1, 0.15) is 40.0 Å². The fraction of sp³-hybridized carbons (Fsp3) is 1.00. The van der Waals surface area contributed by atoms with Gasteiger partial charge in [0, 0.05) is 19.1 Å². The number of hydrogen-bond acceptors (Lipinski definition) is 2. The number of piperidine rings is 1. The molecule has 0 saturated carbocycles. The molecule has 2 nitrogen and oxygen atoms in total. The Morgan fingerprint density at radius 1 is 1.43 bits per heavy atom. The molecule has 1 unspecified atom stereocenters. The lowest BCUT2D eigenvalue weighted by Crippen LogP contribution is -2.46. The van der Waals surface area contributed by atoms with E-state index >= 15 is 0 Å². The molecule has 0 radical (unpaired) electrons. The third-order valence-electron chi connectivity index (χ3n) is 3.45. The zero-order valence-corrected chi connectivity index (χ0v) is 10.3. The van der Waals surface area contributed by atoms with Crippen molar-refractivity contribution in [2.75, 3.05) is 26.7 Å². The lowest BCUT2D eigenvalue weighted by atomic mass is 9.89. The summed E-state index contributed by atoms with van der Waals surface area (Å²) in [5.74, 6) is 0. The monoisotopic (exact) mass is 198 g/mol. The molecule has 0 spiro atoms. The first-order chi connectivity index (χ1) is 6.53. The molecule has 0 aromatic rings. The fourth-order valence-electron chi connectivity index (χ4n) is 1.88. The topological polar surface area (TPSA) is 15.3 Å². The number of nitrogens with one attached hydrogen (secondary N) is 1. The number of likely N-dealkylation sites (N-methyl/N-ethyl adjacent to an activating group) is 1. The highest BCUT2D eigenvalue weighted by Gasteiger charge is 2.20. The van der Waals surface area contributed by atoms with Crippen molar-refractivity contribution in [1.29, 1.82) is 0 Å². The van der Waals surface area contributed by atoms with Gasteiger partial charge in [-0.2, -0.15) is 0 Å². The molecule has 84 valence electrons. The van der Waals surface area contributed by atoms with E-state index in [1.807, 2.05) is 0 Å². The van der Waals surface area contributed by atoms with Gasteiger partial charge in [-0.25, -0.2) is 0 Å². The minimum atomic E-state index is 0.454. The highest BCUT2D eigenvalue weighted by atomic mass is 15.1. The predicted octanol–water partition coefficient (Wildman–Crippen LogP) is 2.11. The van der Waals surface area contributed by atoms with Crippen molar-refractivity contribution in [3.63, 3.8) is 0 Å². The van der Waals surface area contributed by atoms with E-state index in [0.717, 1.165) is 12.6 Å². The number of hydrogen-bond donors (Lipinski definition) is 1. The van der Waals surface area contributed by atoms with Crippen LogP contribution in [0.25, 0.3) is 0 Å². The van der Waals surface area contributed by atoms with Crippen LogP contribution in [0.3, 0.4) is 0 Å². The van der Waals surface area contributed by atoms with Crippen LogP contribution in [0.4, 0.5) is 0 Å². The fourth-order valence-corrected chi connectivity index (χ4v) is 1.88. The summed E-state index contributed by atoms with van der Waals surface area (Å²) in [6.45, 7) is 10.6. The van der Waals surface area contributed by atoms with E-state index in [0.29, 0.717) is 5.41 Å². The van der Waals surface area contributed by atoms with E-state index in [-0.39, 0.29) is 0 Å². The molecule has 0 aromatic carbocycles. The third kappa shape index (κ3) is 3.97. The van der Waals surface area contributed by atoms with Crippen molar-refractivity contribution in [2.24, 2.45) is 5.41 Å². The summed E-state index contributed by atoms with van der Waals surface area (Å²) >= 11 is 0. The molecule has 1 N–H and O–H groups in total. The van der Waals surface area contributed by atoms with Crippen molar-refractivity contribution >= 4 is 0 Å². The SMILES string of the molecule is CCC(C)(C)CNC1CCCN(C)C1. The lowest BCUT2D eigenvalue weighted by Gasteiger charge is -2.33. The summed E-state index contributed by atoms with van der Waals surface area (Å²) in [5, 5.41) is 3.70. The van der Waals surface area contributed by atoms with Crippen LogP contribution in [-0.2, 0) is 0 Å². The summed E-state index contributed by atoms with van der Waals surface area (Å²) < 4.78 is 0. The van der Waals surface area contributed by atoms with E-state index in [9.17, 15) is 0 Å². The van der Waals surface area contributed by atoms with Crippen LogP contribution in [0.2, 0.25) is 0 Å². The summed E-state index contributed by atoms with van der Waals surface area (Å²) in [6.07, 6.45) is 3.95. The summed E-state index contributed by atoms with van der Waals surface area (Å²) in [5.41, 5.74) is 0.454. The number of nitrogens with zero attached hydrogens (tertiary/aromatic N) is 1. The quantitative estimate of drug-likeness (QED) is 0.744. The van der Waals surface area contributed by atoms with E-state index in [1.165, 1.54) is 32.4 Å². The van der Waals surface area contributed by atoms with E-state index < -0.39 is 0 Å². The molecule has 1 rings (SSSR count). The van der Waals surface area contributed by atoms with Crippen LogP contribution in [0.15, 0.2) is 0 Å². The molecular formula is C12H26N2. The van der Waals surface area contributed by atoms with Gasteiger partial charge in [-0.3, -0.25) is 0 Å². The van der Waals surface area contributed by atoms with E-state index in [4.69, 9.17) is 0 Å². The second kappa shape index (κ2) is 5.13. The number of rotatable bonds is 4. The first-order valence-corrected chi connectivity index (χ1v) is 5.95. The first-order valence-electron chi connectivity index (χ1n) is 5.95. The molecule has 1 heterocycles. The molecule has 0 aromatic heterocycles. The molecule has 0 bridgehead atoms. The molecule has 1 fully saturated rings. The van der Waals surface area contributed by atoms with E-state index in [1.54, 1.807) is 0 Å². The van der Waals surface area contributed by atoms with Gasteiger partial charge < -0.3 is 10.2 Å². The maximum atomic E-state index is 3.70. The molecule has 0 amide bonds. The standard InChI is InChI=1S/C12H26N2/c1-5-12(2,3)10-13-11-7-6-8-14(4)9-11/h11,13H,5-10H2,1-4H3. The maximum absolute atomic E-state index is 3.70. The van der Waals surface area contributed by atoms with Gasteiger partial charge in [0.05, 0.1) is 0 Å². The first kappa shape index (κ1) is 12.0. The number of likely N-dealkylation sites (tertiary alicyclic amines) is 1. The van der Waals surface area contributed by atoms with Gasteiger partial charge in [-0.05, 0) is 38.3 Å². The summed E-state index contributed by atoms with van der Waals surface area (Å²) in [6, 6.07) is 0.722. The molecule has 1 aliphatic heterocycles. The van der Waals surface area contributed by atoms with Gasteiger partial charge >= 0.3 is 0 Å². The van der Waals surface area contributed by atoms with Gasteiger partial charge in [-0.15, -0.1) is 0 Å². The van der Waals surface area contributed by atoms with Crippen molar-refractivity contribution in [3.8, 4) is 0 Å². The zero-order valence-electron chi connectivity index (χ0n) is 10.3. The second-order valence-corrected chi connectivity index (χ2v) is 5.50. The van der Waals surface area contributed by atoms with Crippen molar-refractivity contribution in [1.82, 2.24) is 10.2 Å². The van der Waals surface area contributed by atoms with Gasteiger partial charge in [0.1, 0.15) is 0 Å². The third-order valence-corrected chi connectivity index (χ3v) is 3.45. The average molecular weight is 198 g/mol. The molecule has 1 saturated heterocycles. The molecule has 1 atom stereocenters. The Labute approximate surface area is 89.1 Å². The van der Waals surface area contributed by atoms with Crippen LogP contribution in [-0.4, -0.2) is 37.6 Å². The van der Waals surface area contributed by atoms with Crippen LogP contribution in [0, 0.1) is 5.41 Å². The highest BCUT2D eigenvalue weighted by molar-refractivity contribution is 4.79. The van der Waals surface area contributed by atoms with Crippen LogP contribution < -0.4 is 5.32 Å². The Kier molecular flexibility index (Phi) is 4.39. The minimum Gasteiger partial charge on any atom is -0.312 e. The Morgan fingerprint density at radius 2 is 2.14 bits per heavy atom. The van der Waals surface area contributed by atoms with Crippen molar-refractivity contribution < 1.29 is 0 Å². The van der Waals surface area contributed by atoms with Gasteiger partial charge in [0.15, 0.2) is 0 Å². The maximum Gasteiger partial charge on any atom is 0.0195 e. The minimum absolute atomic E-state index is 0.454. The average Bonchev–Trinajstić information content (AvgIpc) is 2.15. The Hall–Kier alpha value is -0.0800. The molecular weight excluding hydrogens is 172 g/mol. The Balaban J connectivity index is 2.23. The van der Waals surface area contributed by atoms with Gasteiger partial charge in [0.25, 0.3) is 0 Å². The van der Waals surface area contributed by atoms with Crippen LogP contribution in [0.5, 0.6) is 0 Å². The molecule has 14 heavy (non-hydrogen) atoms.